The van der Waals surface area contributed by atoms with Crippen molar-refractivity contribution >= 4 is 17.8 Å². The quantitative estimate of drug-likeness (QED) is 0.206. The number of carbonyl (C=O) groups excluding carboxylic acids is 3. The first-order valence-electron chi connectivity index (χ1n) is 13.8. The SMILES string of the molecule is CN(C)CCCN(C)CCCCCC(=O)NCCCNC(=O)CCCCC1CCC2NC(=O)NC12. The number of rotatable bonds is 19. The van der Waals surface area contributed by atoms with E-state index in [1.165, 1.54) is 6.42 Å². The molecule has 2 aliphatic rings. The lowest BCUT2D eigenvalue weighted by Crippen LogP contribution is -2.33. The van der Waals surface area contributed by atoms with Crippen LogP contribution in [-0.2, 0) is 9.59 Å². The molecule has 9 heteroatoms. The Hall–Kier alpha value is -1.87. The zero-order valence-corrected chi connectivity index (χ0v) is 22.4. The van der Waals surface area contributed by atoms with Gasteiger partial charge in [0, 0.05) is 25.9 Å². The van der Waals surface area contributed by atoms with Crippen LogP contribution >= 0.6 is 0 Å². The second-order valence-corrected chi connectivity index (χ2v) is 10.7. The first-order valence-corrected chi connectivity index (χ1v) is 13.8. The van der Waals surface area contributed by atoms with Crippen molar-refractivity contribution in [1.82, 2.24) is 31.1 Å². The molecule has 1 aliphatic heterocycles. The minimum Gasteiger partial charge on any atom is -0.356 e. The minimum atomic E-state index is -0.0367. The van der Waals surface area contributed by atoms with Crippen molar-refractivity contribution < 1.29 is 14.4 Å². The summed E-state index contributed by atoms with van der Waals surface area (Å²) in [7, 11) is 6.38. The van der Waals surface area contributed by atoms with E-state index in [0.29, 0.717) is 37.9 Å². The fraction of sp³-hybridized carbons (Fsp3) is 0.885. The zero-order chi connectivity index (χ0) is 25.5. The smallest absolute Gasteiger partial charge is 0.315 e. The molecule has 2 rings (SSSR count). The molecular weight excluding hydrogens is 444 g/mol. The van der Waals surface area contributed by atoms with E-state index in [2.05, 4.69) is 52.2 Å². The van der Waals surface area contributed by atoms with Crippen LogP contribution < -0.4 is 21.3 Å². The van der Waals surface area contributed by atoms with E-state index in [0.717, 1.165) is 77.4 Å². The number of hydrogen-bond acceptors (Lipinski definition) is 5. The molecule has 0 bridgehead atoms. The van der Waals surface area contributed by atoms with Crippen LogP contribution in [0.3, 0.4) is 0 Å². The molecule has 4 N–H and O–H groups in total. The van der Waals surface area contributed by atoms with Crippen molar-refractivity contribution in [2.75, 3.05) is 53.9 Å². The molecule has 4 amide bonds. The van der Waals surface area contributed by atoms with Crippen molar-refractivity contribution in [2.45, 2.75) is 89.1 Å². The highest BCUT2D eigenvalue weighted by Crippen LogP contribution is 2.32. The van der Waals surface area contributed by atoms with E-state index in [9.17, 15) is 14.4 Å². The monoisotopic (exact) mass is 494 g/mol. The van der Waals surface area contributed by atoms with Crippen molar-refractivity contribution in [1.29, 1.82) is 0 Å². The average Bonchev–Trinajstić information content (AvgIpc) is 3.35. The van der Waals surface area contributed by atoms with Crippen molar-refractivity contribution in [3.8, 4) is 0 Å². The van der Waals surface area contributed by atoms with E-state index >= 15 is 0 Å². The van der Waals surface area contributed by atoms with Gasteiger partial charge in [-0.15, -0.1) is 0 Å². The predicted octanol–water partition coefficient (Wildman–Crippen LogP) is 2.07. The molecule has 35 heavy (non-hydrogen) atoms. The Morgan fingerprint density at radius 1 is 0.800 bits per heavy atom. The Labute approximate surface area is 212 Å². The van der Waals surface area contributed by atoms with Gasteiger partial charge in [0.2, 0.25) is 11.8 Å². The first kappa shape index (κ1) is 29.4. The molecule has 0 aromatic rings. The standard InChI is InChI=1S/C26H50N6O3/c1-31(2)18-10-20-32(3)19-8-4-5-12-23(33)27-16-9-17-28-24(34)13-7-6-11-21-14-15-22-25(21)30-26(35)29-22/h21-22,25H,4-20H2,1-3H3,(H,27,33)(H,28,34)(H2,29,30,35). The van der Waals surface area contributed by atoms with Crippen LogP contribution in [0.25, 0.3) is 0 Å². The van der Waals surface area contributed by atoms with Gasteiger partial charge < -0.3 is 31.1 Å². The van der Waals surface area contributed by atoms with Gasteiger partial charge in [0.25, 0.3) is 0 Å². The summed E-state index contributed by atoms with van der Waals surface area (Å²) in [5.74, 6) is 0.728. The molecule has 202 valence electrons. The second kappa shape index (κ2) is 16.7. The van der Waals surface area contributed by atoms with Crippen molar-refractivity contribution in [3.63, 3.8) is 0 Å². The molecule has 3 unspecified atom stereocenters. The molecule has 1 aliphatic carbocycles. The topological polar surface area (TPSA) is 106 Å². The second-order valence-electron chi connectivity index (χ2n) is 10.7. The normalized spacial score (nSPS) is 21.2. The molecule has 1 saturated heterocycles. The number of unbranched alkanes of at least 4 members (excludes halogenated alkanes) is 3. The van der Waals surface area contributed by atoms with Gasteiger partial charge in [0.15, 0.2) is 0 Å². The lowest BCUT2D eigenvalue weighted by molar-refractivity contribution is -0.121. The van der Waals surface area contributed by atoms with E-state index in [1.807, 2.05) is 0 Å². The van der Waals surface area contributed by atoms with Crippen LogP contribution in [0.1, 0.15) is 77.0 Å². The van der Waals surface area contributed by atoms with Gasteiger partial charge in [-0.1, -0.05) is 12.8 Å². The molecular formula is C26H50N6O3. The fourth-order valence-corrected chi connectivity index (χ4v) is 5.17. The predicted molar refractivity (Wildman–Crippen MR) is 140 cm³/mol. The molecule has 0 spiro atoms. The van der Waals surface area contributed by atoms with Crippen LogP contribution in [0.2, 0.25) is 0 Å². The Kier molecular flexibility index (Phi) is 14.0. The highest BCUT2D eigenvalue weighted by atomic mass is 16.2. The van der Waals surface area contributed by atoms with Gasteiger partial charge in [-0.2, -0.15) is 0 Å². The molecule has 0 aromatic carbocycles. The van der Waals surface area contributed by atoms with Crippen molar-refractivity contribution in [2.24, 2.45) is 5.92 Å². The van der Waals surface area contributed by atoms with Gasteiger partial charge in [-0.25, -0.2) is 4.79 Å². The maximum atomic E-state index is 12.0. The summed E-state index contributed by atoms with van der Waals surface area (Å²) in [5, 5.41) is 11.9. The van der Waals surface area contributed by atoms with Crippen molar-refractivity contribution in [3.05, 3.63) is 0 Å². The summed E-state index contributed by atoms with van der Waals surface area (Å²) in [6, 6.07) is 0.535. The summed E-state index contributed by atoms with van der Waals surface area (Å²) < 4.78 is 0. The Bertz CT molecular complexity index is 645. The maximum absolute atomic E-state index is 12.0. The van der Waals surface area contributed by atoms with Gasteiger partial charge in [-0.05, 0) is 98.1 Å². The lowest BCUT2D eigenvalue weighted by atomic mass is 9.96. The van der Waals surface area contributed by atoms with Crippen LogP contribution in [-0.4, -0.2) is 93.6 Å². The van der Waals surface area contributed by atoms with E-state index < -0.39 is 0 Å². The number of amides is 4. The van der Waals surface area contributed by atoms with Gasteiger partial charge in [-0.3, -0.25) is 9.59 Å². The first-order chi connectivity index (χ1) is 16.8. The third kappa shape index (κ3) is 12.6. The Morgan fingerprint density at radius 3 is 2.14 bits per heavy atom. The van der Waals surface area contributed by atoms with Crippen LogP contribution in [0.5, 0.6) is 0 Å². The molecule has 2 fully saturated rings. The summed E-state index contributed by atoms with van der Waals surface area (Å²) in [4.78, 5) is 40.0. The summed E-state index contributed by atoms with van der Waals surface area (Å²) >= 11 is 0. The molecule has 0 radical (unpaired) electrons. The Balaban J connectivity index is 1.35. The highest BCUT2D eigenvalue weighted by molar-refractivity contribution is 5.77. The van der Waals surface area contributed by atoms with Gasteiger partial charge >= 0.3 is 6.03 Å². The number of nitrogens with zero attached hydrogens (tertiary/aromatic N) is 2. The summed E-state index contributed by atoms with van der Waals surface area (Å²) in [6.45, 7) is 4.54. The highest BCUT2D eigenvalue weighted by Gasteiger charge is 2.41. The number of fused-ring (bicyclic) bond motifs is 1. The lowest BCUT2D eigenvalue weighted by Gasteiger charge is -2.17. The fourth-order valence-electron chi connectivity index (χ4n) is 5.17. The molecule has 0 aromatic heterocycles. The largest absolute Gasteiger partial charge is 0.356 e. The molecule has 9 nitrogen and oxygen atoms in total. The molecule has 1 heterocycles. The number of urea groups is 1. The van der Waals surface area contributed by atoms with Crippen LogP contribution in [0.15, 0.2) is 0 Å². The average molecular weight is 495 g/mol. The van der Waals surface area contributed by atoms with Gasteiger partial charge in [0.1, 0.15) is 0 Å². The number of hydrogen-bond donors (Lipinski definition) is 4. The van der Waals surface area contributed by atoms with Crippen LogP contribution in [0, 0.1) is 5.92 Å². The Morgan fingerprint density at radius 2 is 1.46 bits per heavy atom. The molecule has 3 atom stereocenters. The molecule has 1 saturated carbocycles. The van der Waals surface area contributed by atoms with E-state index in [1.54, 1.807) is 0 Å². The maximum Gasteiger partial charge on any atom is 0.315 e. The third-order valence-electron chi connectivity index (χ3n) is 7.22. The zero-order valence-electron chi connectivity index (χ0n) is 22.4. The third-order valence-corrected chi connectivity index (χ3v) is 7.22. The number of carbonyl (C=O) groups is 3. The number of nitrogens with one attached hydrogen (secondary N) is 4. The summed E-state index contributed by atoms with van der Waals surface area (Å²) in [6.07, 6.45) is 11.4. The van der Waals surface area contributed by atoms with Crippen LogP contribution in [0.4, 0.5) is 4.79 Å². The summed E-state index contributed by atoms with van der Waals surface area (Å²) in [5.41, 5.74) is 0. The van der Waals surface area contributed by atoms with E-state index in [-0.39, 0.29) is 23.9 Å². The minimum absolute atomic E-state index is 0.0367. The van der Waals surface area contributed by atoms with Gasteiger partial charge in [0.05, 0.1) is 12.1 Å². The van der Waals surface area contributed by atoms with E-state index in [4.69, 9.17) is 0 Å².